The first-order valence-corrected chi connectivity index (χ1v) is 9.59. The number of carbonyl (C=O) groups is 1. The molecule has 0 saturated carbocycles. The van der Waals surface area contributed by atoms with Crippen LogP contribution in [0.5, 0.6) is 5.75 Å². The fourth-order valence-electron chi connectivity index (χ4n) is 3.09. The van der Waals surface area contributed by atoms with Gasteiger partial charge in [-0.25, -0.2) is 0 Å². The number of carbonyl (C=O) groups excluding carboxylic acids is 1. The van der Waals surface area contributed by atoms with Gasteiger partial charge in [0.25, 0.3) is 11.6 Å². The highest BCUT2D eigenvalue weighted by atomic mass is 79.9. The Hall–Kier alpha value is -3.45. The Bertz CT molecular complexity index is 1160. The van der Waals surface area contributed by atoms with Gasteiger partial charge in [0.15, 0.2) is 0 Å². The second kappa shape index (κ2) is 7.89. The zero-order valence-corrected chi connectivity index (χ0v) is 16.7. The monoisotopic (exact) mass is 450 g/mol. The molecule has 0 unspecified atom stereocenters. The van der Waals surface area contributed by atoms with Crippen LogP contribution in [0.15, 0.2) is 71.2 Å². The summed E-state index contributed by atoms with van der Waals surface area (Å²) in [4.78, 5) is 22.7. The Balaban J connectivity index is 1.52. The number of halogens is 1. The lowest BCUT2D eigenvalue weighted by atomic mass is 10.0. The summed E-state index contributed by atoms with van der Waals surface area (Å²) in [7, 11) is 0. The van der Waals surface area contributed by atoms with E-state index in [2.05, 4.69) is 21.2 Å². The molecule has 1 N–H and O–H groups in total. The van der Waals surface area contributed by atoms with Gasteiger partial charge in [-0.15, -0.1) is 0 Å². The second-order valence-electron chi connectivity index (χ2n) is 6.46. The standard InChI is InChI=1S/C22H15BrN2O4/c23-19-12-14(11-18-17-6-1-2-7-20(17)24-22(18)26)8-9-21(19)29-13-15-4-3-5-16(10-15)25(27)28/h1-12H,13H2,(H,24,26)/b18-11-. The van der Waals surface area contributed by atoms with Crippen molar-refractivity contribution < 1.29 is 14.5 Å². The number of ether oxygens (including phenoxy) is 1. The third-order valence-corrected chi connectivity index (χ3v) is 5.11. The fourth-order valence-corrected chi connectivity index (χ4v) is 3.60. The lowest BCUT2D eigenvalue weighted by molar-refractivity contribution is -0.384. The van der Waals surface area contributed by atoms with E-state index in [4.69, 9.17) is 4.74 Å². The third-order valence-electron chi connectivity index (χ3n) is 4.49. The average molecular weight is 451 g/mol. The Morgan fingerprint density at radius 2 is 1.90 bits per heavy atom. The van der Waals surface area contributed by atoms with Crippen LogP contribution in [0.1, 0.15) is 16.7 Å². The lowest BCUT2D eigenvalue weighted by Gasteiger charge is -2.09. The molecule has 0 atom stereocenters. The van der Waals surface area contributed by atoms with Crippen LogP contribution in [0.2, 0.25) is 0 Å². The van der Waals surface area contributed by atoms with Gasteiger partial charge in [-0.1, -0.05) is 36.4 Å². The predicted octanol–water partition coefficient (Wildman–Crippen LogP) is 5.43. The van der Waals surface area contributed by atoms with E-state index < -0.39 is 4.92 Å². The van der Waals surface area contributed by atoms with Gasteiger partial charge >= 0.3 is 0 Å². The molecular formula is C22H15BrN2O4. The number of nitro groups is 1. The van der Waals surface area contributed by atoms with E-state index in [0.29, 0.717) is 16.9 Å². The summed E-state index contributed by atoms with van der Waals surface area (Å²) in [5, 5.41) is 13.7. The van der Waals surface area contributed by atoms with Crippen molar-refractivity contribution in [1.82, 2.24) is 0 Å². The Morgan fingerprint density at radius 3 is 2.69 bits per heavy atom. The molecule has 0 bridgehead atoms. The summed E-state index contributed by atoms with van der Waals surface area (Å²) < 4.78 is 6.52. The number of hydrogen-bond acceptors (Lipinski definition) is 4. The number of nitrogens with one attached hydrogen (secondary N) is 1. The zero-order chi connectivity index (χ0) is 20.4. The second-order valence-corrected chi connectivity index (χ2v) is 7.32. The Labute approximate surface area is 175 Å². The maximum absolute atomic E-state index is 12.3. The van der Waals surface area contributed by atoms with Crippen LogP contribution in [-0.2, 0) is 11.4 Å². The molecule has 7 heteroatoms. The van der Waals surface area contributed by atoms with E-state index in [-0.39, 0.29) is 18.2 Å². The molecular weight excluding hydrogens is 436 g/mol. The van der Waals surface area contributed by atoms with Gasteiger partial charge in [-0.2, -0.15) is 0 Å². The lowest BCUT2D eigenvalue weighted by Crippen LogP contribution is -2.03. The summed E-state index contributed by atoms with van der Waals surface area (Å²) in [5.41, 5.74) is 3.87. The number of fused-ring (bicyclic) bond motifs is 1. The number of rotatable bonds is 5. The molecule has 3 aromatic carbocycles. The van der Waals surface area contributed by atoms with E-state index in [1.807, 2.05) is 42.5 Å². The van der Waals surface area contributed by atoms with Crippen LogP contribution >= 0.6 is 15.9 Å². The summed E-state index contributed by atoms with van der Waals surface area (Å²) >= 11 is 3.49. The van der Waals surface area contributed by atoms with E-state index in [9.17, 15) is 14.9 Å². The minimum absolute atomic E-state index is 0.0299. The quantitative estimate of drug-likeness (QED) is 0.319. The first-order chi connectivity index (χ1) is 14.0. The molecule has 0 spiro atoms. The van der Waals surface area contributed by atoms with Gasteiger partial charge in [0, 0.05) is 29.0 Å². The Kier molecular flexibility index (Phi) is 5.14. The number of para-hydroxylation sites is 1. The average Bonchev–Trinajstić information content (AvgIpc) is 3.03. The van der Waals surface area contributed by atoms with Gasteiger partial charge in [-0.05, 0) is 51.3 Å². The van der Waals surface area contributed by atoms with Crippen molar-refractivity contribution in [3.8, 4) is 5.75 Å². The summed E-state index contributed by atoms with van der Waals surface area (Å²) in [6.07, 6.45) is 1.83. The topological polar surface area (TPSA) is 81.5 Å². The molecule has 144 valence electrons. The van der Waals surface area contributed by atoms with Gasteiger partial charge in [0.05, 0.1) is 9.40 Å². The highest BCUT2D eigenvalue weighted by Crippen LogP contribution is 2.34. The molecule has 1 aliphatic rings. The number of hydrogen-bond donors (Lipinski definition) is 1. The number of anilines is 1. The molecule has 0 aliphatic carbocycles. The molecule has 29 heavy (non-hydrogen) atoms. The van der Waals surface area contributed by atoms with Crippen molar-refractivity contribution in [3.05, 3.63) is 98.0 Å². The molecule has 3 aromatic rings. The Morgan fingerprint density at radius 1 is 1.07 bits per heavy atom. The smallest absolute Gasteiger partial charge is 0.269 e. The van der Waals surface area contributed by atoms with E-state index >= 15 is 0 Å². The fraction of sp³-hybridized carbons (Fsp3) is 0.0455. The molecule has 0 fully saturated rings. The van der Waals surface area contributed by atoms with Gasteiger partial charge in [0.2, 0.25) is 0 Å². The van der Waals surface area contributed by atoms with Crippen molar-refractivity contribution in [3.63, 3.8) is 0 Å². The molecule has 6 nitrogen and oxygen atoms in total. The van der Waals surface area contributed by atoms with Crippen molar-refractivity contribution in [2.24, 2.45) is 0 Å². The summed E-state index contributed by atoms with van der Waals surface area (Å²) in [5.74, 6) is 0.475. The van der Waals surface area contributed by atoms with Crippen LogP contribution < -0.4 is 10.1 Å². The van der Waals surface area contributed by atoms with E-state index in [1.165, 1.54) is 12.1 Å². The van der Waals surface area contributed by atoms with Crippen molar-refractivity contribution >= 4 is 44.9 Å². The number of nitrogens with zero attached hydrogens (tertiary/aromatic N) is 1. The molecule has 1 heterocycles. The summed E-state index contributed by atoms with van der Waals surface area (Å²) in [6, 6.07) is 19.4. The van der Waals surface area contributed by atoms with Crippen LogP contribution in [0.3, 0.4) is 0 Å². The molecule has 0 saturated heterocycles. The van der Waals surface area contributed by atoms with Gasteiger partial charge < -0.3 is 10.1 Å². The number of nitro benzene ring substituents is 1. The molecule has 1 amide bonds. The van der Waals surface area contributed by atoms with Crippen LogP contribution in [-0.4, -0.2) is 10.8 Å². The van der Waals surface area contributed by atoms with Gasteiger partial charge in [-0.3, -0.25) is 14.9 Å². The number of benzene rings is 3. The van der Waals surface area contributed by atoms with Crippen molar-refractivity contribution in [2.75, 3.05) is 5.32 Å². The third kappa shape index (κ3) is 4.05. The normalized spacial score (nSPS) is 13.8. The maximum atomic E-state index is 12.3. The highest BCUT2D eigenvalue weighted by molar-refractivity contribution is 9.10. The minimum atomic E-state index is -0.432. The molecule has 1 aliphatic heterocycles. The van der Waals surface area contributed by atoms with E-state index in [1.54, 1.807) is 18.2 Å². The number of non-ortho nitro benzene ring substituents is 1. The molecule has 4 rings (SSSR count). The van der Waals surface area contributed by atoms with Crippen molar-refractivity contribution in [2.45, 2.75) is 6.61 Å². The zero-order valence-electron chi connectivity index (χ0n) is 15.1. The van der Waals surface area contributed by atoms with E-state index in [0.717, 1.165) is 21.3 Å². The largest absolute Gasteiger partial charge is 0.488 e. The molecule has 0 aromatic heterocycles. The molecule has 0 radical (unpaired) electrons. The highest BCUT2D eigenvalue weighted by Gasteiger charge is 2.23. The van der Waals surface area contributed by atoms with Crippen molar-refractivity contribution in [1.29, 1.82) is 0 Å². The SMILES string of the molecule is O=C1Nc2ccccc2/C1=C/c1ccc(OCc2cccc([N+](=O)[O-])c2)c(Br)c1. The first kappa shape index (κ1) is 18.9. The van der Waals surface area contributed by atoms with Gasteiger partial charge in [0.1, 0.15) is 12.4 Å². The predicted molar refractivity (Wildman–Crippen MR) is 115 cm³/mol. The minimum Gasteiger partial charge on any atom is -0.488 e. The van der Waals surface area contributed by atoms with Crippen LogP contribution in [0, 0.1) is 10.1 Å². The summed E-state index contributed by atoms with van der Waals surface area (Å²) in [6.45, 7) is 0.205. The van der Waals surface area contributed by atoms with Crippen LogP contribution in [0.4, 0.5) is 11.4 Å². The van der Waals surface area contributed by atoms with Crippen LogP contribution in [0.25, 0.3) is 11.6 Å². The maximum Gasteiger partial charge on any atom is 0.269 e. The number of amides is 1. The first-order valence-electron chi connectivity index (χ1n) is 8.79.